The standard InChI is InChI=1S/C12H23NO3.C7H15NO/c1-9(2)10-8-13(6-7-15-10)11(14)16-12(3,4)5;1-6(2)7-5-8-3-4-9-7/h9-10H,6-8H2,1-5H3;6-8H,3-5H2,1-2H3. The largest absolute Gasteiger partial charge is 0.444 e. The SMILES string of the molecule is CC(C)C1CN(C(=O)OC(C)(C)C)CCO1.CC(C)C1CNCCO1. The number of ether oxygens (including phenoxy) is 3. The molecule has 2 unspecified atom stereocenters. The van der Waals surface area contributed by atoms with Crippen LogP contribution in [0.3, 0.4) is 0 Å². The lowest BCUT2D eigenvalue weighted by molar-refractivity contribution is -0.0578. The molecule has 0 spiro atoms. The van der Waals surface area contributed by atoms with Crippen molar-refractivity contribution >= 4 is 6.09 Å². The number of nitrogens with one attached hydrogen (secondary N) is 1. The quantitative estimate of drug-likeness (QED) is 0.822. The highest BCUT2D eigenvalue weighted by molar-refractivity contribution is 5.68. The molecule has 2 aliphatic heterocycles. The van der Waals surface area contributed by atoms with Crippen LogP contribution in [0.15, 0.2) is 0 Å². The van der Waals surface area contributed by atoms with E-state index in [0.29, 0.717) is 37.6 Å². The van der Waals surface area contributed by atoms with Crippen molar-refractivity contribution in [3.8, 4) is 0 Å². The second-order valence-corrected chi connectivity index (χ2v) is 8.44. The van der Waals surface area contributed by atoms with Gasteiger partial charge in [0.05, 0.1) is 32.0 Å². The molecule has 2 fully saturated rings. The first-order valence-electron chi connectivity index (χ1n) is 9.52. The van der Waals surface area contributed by atoms with Crippen molar-refractivity contribution in [1.29, 1.82) is 0 Å². The molecular weight excluding hydrogens is 320 g/mol. The summed E-state index contributed by atoms with van der Waals surface area (Å²) in [6, 6.07) is 0. The molecule has 2 atom stereocenters. The molecule has 6 heteroatoms. The van der Waals surface area contributed by atoms with E-state index in [1.165, 1.54) is 0 Å². The Balaban J connectivity index is 0.000000293. The first kappa shape index (κ1) is 22.2. The van der Waals surface area contributed by atoms with Gasteiger partial charge >= 0.3 is 6.09 Å². The van der Waals surface area contributed by atoms with Crippen LogP contribution in [0, 0.1) is 11.8 Å². The van der Waals surface area contributed by atoms with Gasteiger partial charge in [-0.3, -0.25) is 0 Å². The summed E-state index contributed by atoms with van der Waals surface area (Å²) in [5.41, 5.74) is -0.428. The van der Waals surface area contributed by atoms with Crippen molar-refractivity contribution < 1.29 is 19.0 Å². The summed E-state index contributed by atoms with van der Waals surface area (Å²) in [6.07, 6.45) is 0.335. The molecule has 148 valence electrons. The van der Waals surface area contributed by atoms with Crippen LogP contribution in [-0.2, 0) is 14.2 Å². The van der Waals surface area contributed by atoms with E-state index in [2.05, 4.69) is 33.0 Å². The number of hydrogen-bond acceptors (Lipinski definition) is 5. The van der Waals surface area contributed by atoms with Crippen LogP contribution in [0.4, 0.5) is 4.79 Å². The van der Waals surface area contributed by atoms with Crippen LogP contribution in [0.25, 0.3) is 0 Å². The van der Waals surface area contributed by atoms with Gasteiger partial charge in [0.2, 0.25) is 0 Å². The maximum atomic E-state index is 11.8. The van der Waals surface area contributed by atoms with Crippen LogP contribution in [0.1, 0.15) is 48.5 Å². The average molecular weight is 359 g/mol. The lowest BCUT2D eigenvalue weighted by atomic mass is 10.1. The fraction of sp³-hybridized carbons (Fsp3) is 0.947. The van der Waals surface area contributed by atoms with Gasteiger partial charge < -0.3 is 24.4 Å². The molecule has 0 saturated carbocycles. The number of morpholine rings is 2. The van der Waals surface area contributed by atoms with Crippen LogP contribution in [-0.4, -0.2) is 68.2 Å². The van der Waals surface area contributed by atoms with Crippen LogP contribution in [0.5, 0.6) is 0 Å². The normalized spacial score (nSPS) is 24.8. The van der Waals surface area contributed by atoms with E-state index in [0.717, 1.165) is 19.7 Å². The van der Waals surface area contributed by atoms with E-state index in [4.69, 9.17) is 14.2 Å². The van der Waals surface area contributed by atoms with Crippen molar-refractivity contribution in [3.05, 3.63) is 0 Å². The minimum absolute atomic E-state index is 0.126. The van der Waals surface area contributed by atoms with Crippen molar-refractivity contribution in [3.63, 3.8) is 0 Å². The van der Waals surface area contributed by atoms with Crippen molar-refractivity contribution in [1.82, 2.24) is 10.2 Å². The molecule has 0 aromatic carbocycles. The summed E-state index contributed by atoms with van der Waals surface area (Å²) >= 11 is 0. The second-order valence-electron chi connectivity index (χ2n) is 8.44. The van der Waals surface area contributed by atoms with Gasteiger partial charge in [-0.15, -0.1) is 0 Å². The molecule has 2 rings (SSSR count). The average Bonchev–Trinajstić information content (AvgIpc) is 2.55. The Hall–Kier alpha value is -0.850. The third kappa shape index (κ3) is 8.88. The van der Waals surface area contributed by atoms with Gasteiger partial charge in [-0.25, -0.2) is 4.79 Å². The molecule has 2 aliphatic rings. The zero-order valence-corrected chi connectivity index (χ0v) is 17.1. The van der Waals surface area contributed by atoms with Gasteiger partial charge in [0.1, 0.15) is 5.60 Å². The molecule has 0 bridgehead atoms. The smallest absolute Gasteiger partial charge is 0.410 e. The molecule has 0 aliphatic carbocycles. The Morgan fingerprint density at radius 1 is 1.08 bits per heavy atom. The predicted molar refractivity (Wildman–Crippen MR) is 99.8 cm³/mol. The third-order valence-corrected chi connectivity index (χ3v) is 4.19. The summed E-state index contributed by atoms with van der Waals surface area (Å²) in [5.74, 6) is 1.07. The lowest BCUT2D eigenvalue weighted by Gasteiger charge is -2.35. The van der Waals surface area contributed by atoms with Crippen LogP contribution >= 0.6 is 0 Å². The third-order valence-electron chi connectivity index (χ3n) is 4.19. The monoisotopic (exact) mass is 358 g/mol. The number of nitrogens with zero attached hydrogens (tertiary/aromatic N) is 1. The second kappa shape index (κ2) is 10.3. The van der Waals surface area contributed by atoms with E-state index < -0.39 is 5.60 Å². The fourth-order valence-corrected chi connectivity index (χ4v) is 2.58. The Morgan fingerprint density at radius 2 is 1.68 bits per heavy atom. The van der Waals surface area contributed by atoms with Gasteiger partial charge in [-0.1, -0.05) is 27.7 Å². The number of rotatable bonds is 2. The Morgan fingerprint density at radius 3 is 2.12 bits per heavy atom. The molecular formula is C19H38N2O4. The van der Waals surface area contributed by atoms with Gasteiger partial charge in [0.25, 0.3) is 0 Å². The molecule has 2 saturated heterocycles. The number of amides is 1. The van der Waals surface area contributed by atoms with Crippen molar-refractivity contribution in [2.75, 3.05) is 39.4 Å². The minimum Gasteiger partial charge on any atom is -0.444 e. The topological polar surface area (TPSA) is 60.0 Å². The van der Waals surface area contributed by atoms with Gasteiger partial charge in [-0.2, -0.15) is 0 Å². The molecule has 0 aromatic heterocycles. The van der Waals surface area contributed by atoms with Gasteiger partial charge in [-0.05, 0) is 32.6 Å². The van der Waals surface area contributed by atoms with E-state index in [-0.39, 0.29) is 12.2 Å². The number of carbonyl (C=O) groups is 1. The van der Waals surface area contributed by atoms with Gasteiger partial charge in [0.15, 0.2) is 0 Å². The summed E-state index contributed by atoms with van der Waals surface area (Å²) < 4.78 is 16.4. The van der Waals surface area contributed by atoms with Gasteiger partial charge in [0, 0.05) is 19.6 Å². The van der Waals surface area contributed by atoms with E-state index in [1.54, 1.807) is 4.90 Å². The molecule has 0 aromatic rings. The Bertz CT molecular complexity index is 387. The first-order valence-corrected chi connectivity index (χ1v) is 9.52. The zero-order chi connectivity index (χ0) is 19.0. The lowest BCUT2D eigenvalue weighted by Crippen LogP contribution is -2.48. The van der Waals surface area contributed by atoms with Crippen LogP contribution in [0.2, 0.25) is 0 Å². The highest BCUT2D eigenvalue weighted by atomic mass is 16.6. The first-order chi connectivity index (χ1) is 11.6. The summed E-state index contributed by atoms with van der Waals surface area (Å²) in [6.45, 7) is 19.0. The predicted octanol–water partition coefficient (Wildman–Crippen LogP) is 2.91. The zero-order valence-electron chi connectivity index (χ0n) is 17.1. The summed E-state index contributed by atoms with van der Waals surface area (Å²) in [7, 11) is 0. The van der Waals surface area contributed by atoms with E-state index in [9.17, 15) is 4.79 Å². The van der Waals surface area contributed by atoms with E-state index >= 15 is 0 Å². The van der Waals surface area contributed by atoms with E-state index in [1.807, 2.05) is 20.8 Å². The molecule has 1 amide bonds. The minimum atomic E-state index is -0.428. The molecule has 0 radical (unpaired) electrons. The number of carbonyl (C=O) groups excluding carboxylic acids is 1. The molecule has 2 heterocycles. The highest BCUT2D eigenvalue weighted by Gasteiger charge is 2.29. The maximum absolute atomic E-state index is 11.8. The number of hydrogen-bond donors (Lipinski definition) is 1. The Kier molecular flexibility index (Phi) is 9.17. The summed E-state index contributed by atoms with van der Waals surface area (Å²) in [5, 5.41) is 3.29. The fourth-order valence-electron chi connectivity index (χ4n) is 2.58. The molecule has 6 nitrogen and oxygen atoms in total. The highest BCUT2D eigenvalue weighted by Crippen LogP contribution is 2.16. The molecule has 1 N–H and O–H groups in total. The maximum Gasteiger partial charge on any atom is 0.410 e. The van der Waals surface area contributed by atoms with Crippen molar-refractivity contribution in [2.45, 2.75) is 66.3 Å². The Labute approximate surface area is 153 Å². The molecule has 25 heavy (non-hydrogen) atoms. The van der Waals surface area contributed by atoms with Crippen LogP contribution < -0.4 is 5.32 Å². The summed E-state index contributed by atoms with van der Waals surface area (Å²) in [4.78, 5) is 13.6. The van der Waals surface area contributed by atoms with Crippen molar-refractivity contribution in [2.24, 2.45) is 11.8 Å².